The van der Waals surface area contributed by atoms with Gasteiger partial charge in [0.05, 0.1) is 27.5 Å². The average molecular weight is 815 g/mol. The maximum absolute atomic E-state index is 6.93. The Labute approximate surface area is 370 Å². The summed E-state index contributed by atoms with van der Waals surface area (Å²) in [6.07, 6.45) is 0. The van der Waals surface area contributed by atoms with Crippen LogP contribution in [0.2, 0.25) is 0 Å². The first kappa shape index (κ1) is 35.2. The number of rotatable bonds is 4. The maximum atomic E-state index is 6.93. The fourth-order valence-electron chi connectivity index (χ4n) is 11.5. The molecule has 0 saturated carbocycles. The fraction of sp³-hybridized carbons (Fsp3) is 0.0164. The average Bonchev–Trinajstić information content (AvgIpc) is 3.99. The van der Waals surface area contributed by atoms with Gasteiger partial charge in [-0.15, -0.1) is 0 Å². The van der Waals surface area contributed by atoms with E-state index >= 15 is 0 Å². The molecule has 0 atom stereocenters. The van der Waals surface area contributed by atoms with Gasteiger partial charge >= 0.3 is 0 Å². The number of hydrogen-bond donors (Lipinski definition) is 0. The van der Waals surface area contributed by atoms with Crippen molar-refractivity contribution in [3.05, 3.63) is 253 Å². The molecule has 0 N–H and O–H groups in total. The topological polar surface area (TPSA) is 19.1 Å². The Morgan fingerprint density at radius 3 is 1.34 bits per heavy atom. The zero-order valence-electron chi connectivity index (χ0n) is 34.7. The molecular formula is C61H38N2O. The largest absolute Gasteiger partial charge is 0.457 e. The molecule has 3 heterocycles. The fourth-order valence-corrected chi connectivity index (χ4v) is 11.5. The van der Waals surface area contributed by atoms with Crippen molar-refractivity contribution < 1.29 is 4.74 Å². The summed E-state index contributed by atoms with van der Waals surface area (Å²) in [5.74, 6) is 1.77. The maximum Gasteiger partial charge on any atom is 0.132 e. The van der Waals surface area contributed by atoms with Crippen LogP contribution in [0.15, 0.2) is 231 Å². The van der Waals surface area contributed by atoms with E-state index in [1.54, 1.807) is 0 Å². The predicted octanol–water partition coefficient (Wildman–Crippen LogP) is 15.7. The Kier molecular flexibility index (Phi) is 7.32. The van der Waals surface area contributed by atoms with Crippen molar-refractivity contribution in [2.45, 2.75) is 5.41 Å². The molecule has 14 rings (SSSR count). The smallest absolute Gasteiger partial charge is 0.132 e. The van der Waals surface area contributed by atoms with Crippen molar-refractivity contribution in [1.82, 2.24) is 9.13 Å². The van der Waals surface area contributed by atoms with Crippen LogP contribution in [0, 0.1) is 0 Å². The third-order valence-electron chi connectivity index (χ3n) is 14.0. The zero-order valence-corrected chi connectivity index (χ0v) is 34.7. The van der Waals surface area contributed by atoms with Gasteiger partial charge in [0.1, 0.15) is 11.5 Å². The summed E-state index contributed by atoms with van der Waals surface area (Å²) in [5, 5.41) is 4.97. The zero-order chi connectivity index (χ0) is 41.9. The molecule has 10 aromatic carbocycles. The molecule has 0 unspecified atom stereocenters. The monoisotopic (exact) mass is 814 g/mol. The van der Waals surface area contributed by atoms with Crippen molar-refractivity contribution in [3.63, 3.8) is 0 Å². The van der Waals surface area contributed by atoms with Crippen molar-refractivity contribution >= 4 is 43.6 Å². The second-order valence-corrected chi connectivity index (χ2v) is 17.1. The third-order valence-corrected chi connectivity index (χ3v) is 14.0. The molecule has 12 aromatic rings. The first-order chi connectivity index (χ1) is 31.8. The lowest BCUT2D eigenvalue weighted by molar-refractivity contribution is 0.437. The van der Waals surface area contributed by atoms with Crippen molar-refractivity contribution in [1.29, 1.82) is 0 Å². The minimum absolute atomic E-state index is 0.734. The highest BCUT2D eigenvalue weighted by atomic mass is 16.5. The molecule has 64 heavy (non-hydrogen) atoms. The summed E-state index contributed by atoms with van der Waals surface area (Å²) in [7, 11) is 0. The molecule has 298 valence electrons. The molecule has 2 aromatic heterocycles. The van der Waals surface area contributed by atoms with E-state index in [9.17, 15) is 0 Å². The quantitative estimate of drug-likeness (QED) is 0.173. The second-order valence-electron chi connectivity index (χ2n) is 17.1. The first-order valence-corrected chi connectivity index (χ1v) is 22.1. The van der Waals surface area contributed by atoms with E-state index in [2.05, 4.69) is 240 Å². The van der Waals surface area contributed by atoms with Gasteiger partial charge in [0.15, 0.2) is 0 Å². The van der Waals surface area contributed by atoms with Gasteiger partial charge < -0.3 is 13.9 Å². The molecule has 1 aliphatic heterocycles. The second kappa shape index (κ2) is 13.3. The van der Waals surface area contributed by atoms with E-state index in [4.69, 9.17) is 4.74 Å². The van der Waals surface area contributed by atoms with Crippen LogP contribution in [0.5, 0.6) is 11.5 Å². The standard InChI is InChI=1S/C61H38N2O/c1-3-16-39(17-4-1)41-30-32-43(33-31-41)62-51-26-11-7-22-47(51)57-53(62)36-34-45-46-35-37-54-58(60(46)61(59(45)57)49-24-9-13-28-55(49)64-56-29-14-10-25-50(56)61)48-23-8-12-27-52(48)63(54)44-21-15-20-42(38-44)40-18-5-2-6-19-40/h1-38H. The number of para-hydroxylation sites is 4. The van der Waals surface area contributed by atoms with Gasteiger partial charge in [-0.1, -0.05) is 170 Å². The minimum atomic E-state index is -0.734. The molecule has 1 spiro atoms. The molecule has 1 aliphatic carbocycles. The third kappa shape index (κ3) is 4.70. The molecule has 3 nitrogen and oxygen atoms in total. The highest BCUT2D eigenvalue weighted by molar-refractivity contribution is 6.20. The molecule has 0 saturated heterocycles. The number of benzene rings is 10. The molecule has 0 amide bonds. The van der Waals surface area contributed by atoms with Gasteiger partial charge in [-0.05, 0) is 105 Å². The van der Waals surface area contributed by atoms with Crippen molar-refractivity contribution in [2.24, 2.45) is 0 Å². The Bertz CT molecular complexity index is 3810. The molecule has 2 aliphatic rings. The van der Waals surface area contributed by atoms with Gasteiger partial charge in [0.25, 0.3) is 0 Å². The van der Waals surface area contributed by atoms with Gasteiger partial charge in [0.2, 0.25) is 0 Å². The van der Waals surface area contributed by atoms with E-state index in [0.29, 0.717) is 0 Å². The molecule has 0 fully saturated rings. The number of aromatic nitrogens is 2. The van der Waals surface area contributed by atoms with Crippen LogP contribution in [-0.2, 0) is 5.41 Å². The van der Waals surface area contributed by atoms with Crippen LogP contribution in [0.25, 0.3) is 88.4 Å². The van der Waals surface area contributed by atoms with Crippen LogP contribution in [0.3, 0.4) is 0 Å². The normalized spacial score (nSPS) is 13.2. The molecule has 0 bridgehead atoms. The van der Waals surface area contributed by atoms with Crippen molar-refractivity contribution in [3.8, 4) is 56.3 Å². The lowest BCUT2D eigenvalue weighted by atomic mass is 9.64. The molecule has 3 heteroatoms. The summed E-state index contributed by atoms with van der Waals surface area (Å²) in [4.78, 5) is 0. The van der Waals surface area contributed by atoms with Gasteiger partial charge in [-0.3, -0.25) is 0 Å². The van der Waals surface area contributed by atoms with E-state index < -0.39 is 5.41 Å². The van der Waals surface area contributed by atoms with Gasteiger partial charge in [-0.2, -0.15) is 0 Å². The molecular weight excluding hydrogens is 777 g/mol. The van der Waals surface area contributed by atoms with Crippen LogP contribution < -0.4 is 4.74 Å². The molecule has 0 radical (unpaired) electrons. The van der Waals surface area contributed by atoms with Crippen LogP contribution >= 0.6 is 0 Å². The van der Waals surface area contributed by atoms with E-state index in [0.717, 1.165) is 34.0 Å². The summed E-state index contributed by atoms with van der Waals surface area (Å²) >= 11 is 0. The van der Waals surface area contributed by atoms with Gasteiger partial charge in [-0.25, -0.2) is 0 Å². The summed E-state index contributed by atoms with van der Waals surface area (Å²) in [6, 6.07) is 84.3. The van der Waals surface area contributed by atoms with Crippen LogP contribution in [-0.4, -0.2) is 9.13 Å². The summed E-state index contributed by atoms with van der Waals surface area (Å²) in [6.45, 7) is 0. The lowest BCUT2D eigenvalue weighted by Gasteiger charge is -2.40. The summed E-state index contributed by atoms with van der Waals surface area (Å²) in [5.41, 5.74) is 18.5. The Morgan fingerprint density at radius 2 is 0.766 bits per heavy atom. The summed E-state index contributed by atoms with van der Waals surface area (Å²) < 4.78 is 11.9. The van der Waals surface area contributed by atoms with E-state index in [1.165, 1.54) is 88.1 Å². The Morgan fingerprint density at radius 1 is 0.312 bits per heavy atom. The SMILES string of the molecule is c1ccc(-c2ccc(-n3c4ccccc4c4c5c(ccc43)-c3ccc4c(c3C53c5ccccc5Oc5ccccc53)c3ccccc3n4-c3cccc(-c4ccccc4)c3)cc2)cc1. The van der Waals surface area contributed by atoms with E-state index in [1.807, 2.05) is 0 Å². The number of fused-ring (bicyclic) bond motifs is 17. The number of nitrogens with zero attached hydrogens (tertiary/aromatic N) is 2. The highest BCUT2D eigenvalue weighted by Crippen LogP contribution is 2.66. The van der Waals surface area contributed by atoms with Gasteiger partial charge in [0, 0.05) is 44.0 Å². The number of ether oxygens (including phenoxy) is 1. The Balaban J connectivity index is 1.12. The van der Waals surface area contributed by atoms with Crippen molar-refractivity contribution in [2.75, 3.05) is 0 Å². The van der Waals surface area contributed by atoms with E-state index in [-0.39, 0.29) is 0 Å². The van der Waals surface area contributed by atoms with Crippen LogP contribution in [0.4, 0.5) is 0 Å². The number of hydrogen-bond acceptors (Lipinski definition) is 1. The first-order valence-electron chi connectivity index (χ1n) is 22.1. The minimum Gasteiger partial charge on any atom is -0.457 e. The lowest BCUT2D eigenvalue weighted by Crippen LogP contribution is -2.32. The van der Waals surface area contributed by atoms with Crippen LogP contribution in [0.1, 0.15) is 22.3 Å². The predicted molar refractivity (Wildman–Crippen MR) is 263 cm³/mol. The highest BCUT2D eigenvalue weighted by Gasteiger charge is 2.53. The Hall–Kier alpha value is -8.40.